The molecule has 8 heteroatoms. The fraction of sp³-hybridized carbons (Fsp3) is 0.333. The Bertz CT molecular complexity index is 733. The molecule has 2 aliphatic heterocycles. The van der Waals surface area contributed by atoms with Gasteiger partial charge in [-0.2, -0.15) is 0 Å². The highest BCUT2D eigenvalue weighted by molar-refractivity contribution is 9.10. The molecule has 1 aromatic carbocycles. The summed E-state index contributed by atoms with van der Waals surface area (Å²) < 4.78 is 0.663. The first-order chi connectivity index (χ1) is 10.9. The number of hydrogen-bond donors (Lipinski definition) is 1. The Morgan fingerprint density at radius 3 is 2.61 bits per heavy atom. The van der Waals surface area contributed by atoms with E-state index in [2.05, 4.69) is 15.9 Å². The number of carbonyl (C=O) groups is 4. The number of imide groups is 1. The van der Waals surface area contributed by atoms with Crippen molar-refractivity contribution in [1.82, 2.24) is 9.80 Å². The van der Waals surface area contributed by atoms with Gasteiger partial charge < -0.3 is 10.0 Å². The minimum Gasteiger partial charge on any atom is -0.480 e. The second kappa shape index (κ2) is 5.77. The summed E-state index contributed by atoms with van der Waals surface area (Å²) in [5.41, 5.74) is 0.496. The highest BCUT2D eigenvalue weighted by Crippen LogP contribution is 2.26. The van der Waals surface area contributed by atoms with Gasteiger partial charge in [-0.25, -0.2) is 4.79 Å². The van der Waals surface area contributed by atoms with Crippen molar-refractivity contribution in [2.75, 3.05) is 13.1 Å². The van der Waals surface area contributed by atoms with Crippen molar-refractivity contribution >= 4 is 39.6 Å². The molecule has 0 aromatic heterocycles. The van der Waals surface area contributed by atoms with E-state index in [1.807, 2.05) is 0 Å². The summed E-state index contributed by atoms with van der Waals surface area (Å²) >= 11 is 3.24. The number of carbonyl (C=O) groups excluding carboxylic acids is 3. The first-order valence-electron chi connectivity index (χ1n) is 7.08. The molecular weight excluding hydrogens is 368 g/mol. The molecule has 0 bridgehead atoms. The summed E-state index contributed by atoms with van der Waals surface area (Å²) in [6, 6.07) is 3.83. The third kappa shape index (κ3) is 2.63. The Hall–Kier alpha value is -2.22. The molecular formula is C15H13BrN2O5. The smallest absolute Gasteiger partial charge is 0.326 e. The van der Waals surface area contributed by atoms with Gasteiger partial charge in [0.25, 0.3) is 11.8 Å². The SMILES string of the molecule is O=C(O)[C@H]1CCCN1C(=O)CN1C(=O)c2ccc(Br)cc2C1=O. The molecule has 1 atom stereocenters. The largest absolute Gasteiger partial charge is 0.480 e. The van der Waals surface area contributed by atoms with E-state index in [1.165, 1.54) is 17.0 Å². The Balaban J connectivity index is 1.79. The molecule has 1 N–H and O–H groups in total. The van der Waals surface area contributed by atoms with Gasteiger partial charge in [0.05, 0.1) is 11.1 Å². The normalized spacial score (nSPS) is 20.1. The number of carboxylic acids is 1. The van der Waals surface area contributed by atoms with Gasteiger partial charge in [0, 0.05) is 11.0 Å². The number of fused-ring (bicyclic) bond motifs is 1. The standard InChI is InChI=1S/C15H13BrN2O5/c16-8-3-4-9-10(6-8)14(21)18(13(9)20)7-12(19)17-5-1-2-11(17)15(22)23/h3-4,6,11H,1-2,5,7H2,(H,22,23)/t11-/m1/s1. The van der Waals surface area contributed by atoms with Gasteiger partial charge in [-0.15, -0.1) is 0 Å². The highest BCUT2D eigenvalue weighted by Gasteiger charge is 2.40. The van der Waals surface area contributed by atoms with E-state index in [1.54, 1.807) is 6.07 Å². The van der Waals surface area contributed by atoms with Crippen LogP contribution in [0.25, 0.3) is 0 Å². The lowest BCUT2D eigenvalue weighted by Crippen LogP contribution is -2.46. The lowest BCUT2D eigenvalue weighted by Gasteiger charge is -2.23. The minimum atomic E-state index is -1.07. The molecule has 3 rings (SSSR count). The van der Waals surface area contributed by atoms with Crippen LogP contribution in [-0.4, -0.2) is 57.7 Å². The molecule has 0 aliphatic carbocycles. The van der Waals surface area contributed by atoms with Crippen LogP contribution in [0.5, 0.6) is 0 Å². The van der Waals surface area contributed by atoms with Crippen LogP contribution in [0.3, 0.4) is 0 Å². The number of rotatable bonds is 3. The molecule has 2 heterocycles. The first-order valence-corrected chi connectivity index (χ1v) is 7.87. The molecule has 0 radical (unpaired) electrons. The number of aliphatic carboxylic acids is 1. The second-order valence-electron chi connectivity index (χ2n) is 5.47. The third-order valence-electron chi connectivity index (χ3n) is 4.08. The quantitative estimate of drug-likeness (QED) is 0.792. The maximum absolute atomic E-state index is 12.3. The molecule has 0 unspecified atom stereocenters. The zero-order valence-electron chi connectivity index (χ0n) is 12.0. The number of benzene rings is 1. The van der Waals surface area contributed by atoms with Gasteiger partial charge in [0.2, 0.25) is 5.91 Å². The van der Waals surface area contributed by atoms with Crippen LogP contribution in [0.4, 0.5) is 0 Å². The van der Waals surface area contributed by atoms with Crippen molar-refractivity contribution in [1.29, 1.82) is 0 Å². The van der Waals surface area contributed by atoms with Crippen LogP contribution >= 0.6 is 15.9 Å². The van der Waals surface area contributed by atoms with E-state index in [9.17, 15) is 19.2 Å². The number of carboxylic acid groups (broad SMARTS) is 1. The zero-order valence-corrected chi connectivity index (χ0v) is 13.6. The lowest BCUT2D eigenvalue weighted by molar-refractivity contribution is -0.148. The second-order valence-corrected chi connectivity index (χ2v) is 6.39. The van der Waals surface area contributed by atoms with Crippen LogP contribution in [0, 0.1) is 0 Å². The number of nitrogens with zero attached hydrogens (tertiary/aromatic N) is 2. The van der Waals surface area contributed by atoms with Crippen LogP contribution in [0.15, 0.2) is 22.7 Å². The molecule has 1 saturated heterocycles. The van der Waals surface area contributed by atoms with Crippen molar-refractivity contribution in [3.8, 4) is 0 Å². The average Bonchev–Trinajstić information content (AvgIpc) is 3.07. The maximum atomic E-state index is 12.3. The summed E-state index contributed by atoms with van der Waals surface area (Å²) in [6.45, 7) is -0.113. The third-order valence-corrected chi connectivity index (χ3v) is 4.58. The zero-order chi connectivity index (χ0) is 16.7. The first kappa shape index (κ1) is 15.7. The number of hydrogen-bond acceptors (Lipinski definition) is 4. The molecule has 1 aromatic rings. The Kier molecular flexibility index (Phi) is 3.93. The monoisotopic (exact) mass is 380 g/mol. The molecule has 23 heavy (non-hydrogen) atoms. The fourth-order valence-electron chi connectivity index (χ4n) is 2.95. The Morgan fingerprint density at radius 2 is 1.91 bits per heavy atom. The Morgan fingerprint density at radius 1 is 1.22 bits per heavy atom. The van der Waals surface area contributed by atoms with Crippen molar-refractivity contribution in [2.45, 2.75) is 18.9 Å². The molecule has 2 aliphatic rings. The molecule has 1 fully saturated rings. The topological polar surface area (TPSA) is 95.0 Å². The molecule has 0 saturated carbocycles. The molecule has 7 nitrogen and oxygen atoms in total. The lowest BCUT2D eigenvalue weighted by atomic mass is 10.1. The van der Waals surface area contributed by atoms with Crippen LogP contribution < -0.4 is 0 Å². The summed E-state index contributed by atoms with van der Waals surface area (Å²) in [5.74, 6) is -2.66. The number of halogens is 1. The van der Waals surface area contributed by atoms with E-state index in [4.69, 9.17) is 5.11 Å². The molecule has 0 spiro atoms. The summed E-state index contributed by atoms with van der Waals surface area (Å²) in [6.07, 6.45) is 0.980. The van der Waals surface area contributed by atoms with Gasteiger partial charge in [-0.1, -0.05) is 15.9 Å². The minimum absolute atomic E-state index is 0.244. The van der Waals surface area contributed by atoms with Crippen molar-refractivity contribution in [3.63, 3.8) is 0 Å². The predicted octanol–water partition coefficient (Wildman–Crippen LogP) is 1.12. The fourth-order valence-corrected chi connectivity index (χ4v) is 3.32. The Labute approximate surface area is 140 Å². The van der Waals surface area contributed by atoms with Crippen molar-refractivity contribution in [3.05, 3.63) is 33.8 Å². The van der Waals surface area contributed by atoms with Gasteiger partial charge in [-0.05, 0) is 31.0 Å². The van der Waals surface area contributed by atoms with Crippen LogP contribution in [0.1, 0.15) is 33.6 Å². The number of likely N-dealkylation sites (tertiary alicyclic amines) is 1. The van der Waals surface area contributed by atoms with E-state index < -0.39 is 36.3 Å². The molecule has 3 amide bonds. The van der Waals surface area contributed by atoms with Gasteiger partial charge in [0.1, 0.15) is 12.6 Å². The predicted molar refractivity (Wildman–Crippen MR) is 81.9 cm³/mol. The van der Waals surface area contributed by atoms with Crippen molar-refractivity contribution < 1.29 is 24.3 Å². The van der Waals surface area contributed by atoms with Gasteiger partial charge in [-0.3, -0.25) is 19.3 Å². The molecule has 120 valence electrons. The van der Waals surface area contributed by atoms with E-state index >= 15 is 0 Å². The van der Waals surface area contributed by atoms with E-state index in [-0.39, 0.29) is 11.1 Å². The van der Waals surface area contributed by atoms with Crippen molar-refractivity contribution in [2.24, 2.45) is 0 Å². The summed E-state index contributed by atoms with van der Waals surface area (Å²) in [4.78, 5) is 50.2. The van der Waals surface area contributed by atoms with E-state index in [0.29, 0.717) is 23.9 Å². The van der Waals surface area contributed by atoms with E-state index in [0.717, 1.165) is 4.90 Å². The van der Waals surface area contributed by atoms with Crippen LogP contribution in [0.2, 0.25) is 0 Å². The van der Waals surface area contributed by atoms with Crippen LogP contribution in [-0.2, 0) is 9.59 Å². The van der Waals surface area contributed by atoms with Gasteiger partial charge >= 0.3 is 5.97 Å². The maximum Gasteiger partial charge on any atom is 0.326 e. The summed E-state index contributed by atoms with van der Waals surface area (Å²) in [7, 11) is 0. The number of amides is 3. The van der Waals surface area contributed by atoms with Gasteiger partial charge in [0.15, 0.2) is 0 Å². The highest BCUT2D eigenvalue weighted by atomic mass is 79.9. The summed E-state index contributed by atoms with van der Waals surface area (Å²) in [5, 5.41) is 9.12. The average molecular weight is 381 g/mol.